The average molecular weight is 308 g/mol. The van der Waals surface area contributed by atoms with Crippen LogP contribution in [0.25, 0.3) is 10.8 Å². The molecule has 0 spiro atoms. The highest BCUT2D eigenvalue weighted by Gasteiger charge is 2.13. The van der Waals surface area contributed by atoms with Gasteiger partial charge >= 0.3 is 0 Å². The zero-order valence-corrected chi connectivity index (χ0v) is 12.7. The number of nitrogens with zero attached hydrogens (tertiary/aromatic N) is 1. The molecule has 1 aliphatic rings. The highest BCUT2D eigenvalue weighted by molar-refractivity contribution is 5.90. The molecular weight excluding hydrogens is 292 g/mol. The van der Waals surface area contributed by atoms with Crippen LogP contribution in [-0.2, 0) is 0 Å². The van der Waals surface area contributed by atoms with Gasteiger partial charge in [-0.05, 0) is 48.7 Å². The summed E-state index contributed by atoms with van der Waals surface area (Å²) in [7, 11) is 0. The Hall–Kier alpha value is -2.95. The van der Waals surface area contributed by atoms with Gasteiger partial charge in [0.25, 0.3) is 0 Å². The molecule has 5 heteroatoms. The minimum absolute atomic E-state index is 0.280. The molecule has 23 heavy (non-hydrogen) atoms. The lowest BCUT2D eigenvalue weighted by molar-refractivity contribution is 0.174. The van der Waals surface area contributed by atoms with Crippen LogP contribution >= 0.6 is 0 Å². The highest BCUT2D eigenvalue weighted by Crippen LogP contribution is 2.35. The molecule has 5 nitrogen and oxygen atoms in total. The van der Waals surface area contributed by atoms with Crippen LogP contribution in [0.4, 0.5) is 11.4 Å². The quantitative estimate of drug-likeness (QED) is 0.786. The van der Waals surface area contributed by atoms with E-state index in [9.17, 15) is 0 Å². The van der Waals surface area contributed by atoms with E-state index in [1.54, 1.807) is 6.20 Å². The van der Waals surface area contributed by atoms with Gasteiger partial charge in [0.15, 0.2) is 11.5 Å². The maximum absolute atomic E-state index is 5.57. The molecule has 2 heterocycles. The van der Waals surface area contributed by atoms with Crippen molar-refractivity contribution >= 4 is 22.1 Å². The number of ether oxygens (including phenoxy) is 3. The summed E-state index contributed by atoms with van der Waals surface area (Å²) in [6, 6.07) is 13.9. The first-order valence-corrected chi connectivity index (χ1v) is 7.52. The predicted molar refractivity (Wildman–Crippen MR) is 88.8 cm³/mol. The zero-order valence-electron chi connectivity index (χ0n) is 12.7. The second-order valence-electron chi connectivity index (χ2n) is 5.18. The molecule has 0 amide bonds. The van der Waals surface area contributed by atoms with Gasteiger partial charge in [0.1, 0.15) is 0 Å². The summed E-state index contributed by atoms with van der Waals surface area (Å²) < 4.78 is 16.3. The molecule has 2 aromatic carbocycles. The van der Waals surface area contributed by atoms with Crippen molar-refractivity contribution in [2.24, 2.45) is 0 Å². The average Bonchev–Trinajstić information content (AvgIpc) is 3.03. The smallest absolute Gasteiger partial charge is 0.231 e. The first-order valence-electron chi connectivity index (χ1n) is 7.52. The molecule has 0 bridgehead atoms. The molecule has 3 aromatic rings. The fourth-order valence-electron chi connectivity index (χ4n) is 2.62. The summed E-state index contributed by atoms with van der Waals surface area (Å²) in [5.74, 6) is 2.21. The van der Waals surface area contributed by atoms with Gasteiger partial charge in [-0.2, -0.15) is 0 Å². The third-order valence-electron chi connectivity index (χ3n) is 3.67. The SMILES string of the molecule is CCOc1nccc2cc(Nc3ccc4c(c3)OCO4)ccc12. The van der Waals surface area contributed by atoms with Crippen LogP contribution in [0, 0.1) is 0 Å². The third kappa shape index (κ3) is 2.61. The molecule has 0 atom stereocenters. The van der Waals surface area contributed by atoms with E-state index in [1.807, 2.05) is 43.3 Å². The van der Waals surface area contributed by atoms with Crippen molar-refractivity contribution in [3.63, 3.8) is 0 Å². The molecule has 0 saturated carbocycles. The molecule has 1 aliphatic heterocycles. The number of hydrogen-bond donors (Lipinski definition) is 1. The predicted octanol–water partition coefficient (Wildman–Crippen LogP) is 4.11. The lowest BCUT2D eigenvalue weighted by atomic mass is 10.1. The minimum atomic E-state index is 0.280. The van der Waals surface area contributed by atoms with Gasteiger partial charge in [0, 0.05) is 29.0 Å². The minimum Gasteiger partial charge on any atom is -0.478 e. The molecular formula is C18H16N2O3. The molecule has 0 saturated heterocycles. The van der Waals surface area contributed by atoms with Crippen LogP contribution in [0.5, 0.6) is 17.4 Å². The van der Waals surface area contributed by atoms with Crippen molar-refractivity contribution in [1.82, 2.24) is 4.98 Å². The van der Waals surface area contributed by atoms with E-state index in [0.717, 1.165) is 33.6 Å². The van der Waals surface area contributed by atoms with Crippen LogP contribution in [0.2, 0.25) is 0 Å². The van der Waals surface area contributed by atoms with Crippen molar-refractivity contribution < 1.29 is 14.2 Å². The van der Waals surface area contributed by atoms with Crippen molar-refractivity contribution in [3.8, 4) is 17.4 Å². The molecule has 0 aliphatic carbocycles. The third-order valence-corrected chi connectivity index (χ3v) is 3.67. The fourth-order valence-corrected chi connectivity index (χ4v) is 2.62. The molecule has 4 rings (SSSR count). The van der Waals surface area contributed by atoms with E-state index in [-0.39, 0.29) is 6.79 Å². The number of benzene rings is 2. The van der Waals surface area contributed by atoms with Crippen LogP contribution < -0.4 is 19.5 Å². The lowest BCUT2D eigenvalue weighted by Crippen LogP contribution is -1.95. The second kappa shape index (κ2) is 5.68. The standard InChI is InChI=1S/C18H16N2O3/c1-2-21-18-15-5-3-13(9-12(15)7-8-19-18)20-14-4-6-16-17(10-14)23-11-22-16/h3-10,20H,2,11H2,1H3. The van der Waals surface area contributed by atoms with E-state index < -0.39 is 0 Å². The Morgan fingerprint density at radius 3 is 2.78 bits per heavy atom. The van der Waals surface area contributed by atoms with Gasteiger partial charge in [0.05, 0.1) is 6.61 Å². The Labute approximate surface area is 133 Å². The van der Waals surface area contributed by atoms with E-state index >= 15 is 0 Å². The lowest BCUT2D eigenvalue weighted by Gasteiger charge is -2.10. The molecule has 1 N–H and O–H groups in total. The number of fused-ring (bicyclic) bond motifs is 2. The van der Waals surface area contributed by atoms with Gasteiger partial charge in [0.2, 0.25) is 12.7 Å². The number of aromatic nitrogens is 1. The molecule has 0 unspecified atom stereocenters. The first kappa shape index (κ1) is 13.7. The number of anilines is 2. The second-order valence-corrected chi connectivity index (χ2v) is 5.18. The topological polar surface area (TPSA) is 52.6 Å². The Kier molecular flexibility index (Phi) is 3.38. The van der Waals surface area contributed by atoms with Crippen LogP contribution in [0.3, 0.4) is 0 Å². The summed E-state index contributed by atoms with van der Waals surface area (Å²) >= 11 is 0. The highest BCUT2D eigenvalue weighted by atomic mass is 16.7. The monoisotopic (exact) mass is 308 g/mol. The van der Waals surface area contributed by atoms with Crippen LogP contribution in [0.1, 0.15) is 6.92 Å². The summed E-state index contributed by atoms with van der Waals surface area (Å²) in [6.07, 6.45) is 1.76. The van der Waals surface area contributed by atoms with Crippen molar-refractivity contribution in [2.45, 2.75) is 6.92 Å². The fraction of sp³-hybridized carbons (Fsp3) is 0.167. The van der Waals surface area contributed by atoms with Crippen LogP contribution in [0.15, 0.2) is 48.7 Å². The Morgan fingerprint density at radius 2 is 1.87 bits per heavy atom. The summed E-state index contributed by atoms with van der Waals surface area (Å²) in [5, 5.41) is 5.46. The Bertz CT molecular complexity index is 864. The number of hydrogen-bond acceptors (Lipinski definition) is 5. The first-order chi connectivity index (χ1) is 11.3. The normalized spacial score (nSPS) is 12.4. The van der Waals surface area contributed by atoms with Gasteiger partial charge < -0.3 is 19.5 Å². The summed E-state index contributed by atoms with van der Waals surface area (Å²) in [4.78, 5) is 4.28. The van der Waals surface area contributed by atoms with Crippen molar-refractivity contribution in [1.29, 1.82) is 0 Å². The van der Waals surface area contributed by atoms with Gasteiger partial charge in [-0.25, -0.2) is 4.98 Å². The summed E-state index contributed by atoms with van der Waals surface area (Å²) in [6.45, 7) is 2.83. The van der Waals surface area contributed by atoms with Gasteiger partial charge in [-0.15, -0.1) is 0 Å². The number of nitrogens with one attached hydrogen (secondary N) is 1. The Balaban J connectivity index is 1.64. The molecule has 1 aromatic heterocycles. The largest absolute Gasteiger partial charge is 0.478 e. The van der Waals surface area contributed by atoms with Crippen LogP contribution in [-0.4, -0.2) is 18.4 Å². The maximum Gasteiger partial charge on any atom is 0.231 e. The van der Waals surface area contributed by atoms with Gasteiger partial charge in [-0.3, -0.25) is 0 Å². The Morgan fingerprint density at radius 1 is 1.04 bits per heavy atom. The summed E-state index contributed by atoms with van der Waals surface area (Å²) in [5.41, 5.74) is 1.94. The zero-order chi connectivity index (χ0) is 15.6. The van der Waals surface area contributed by atoms with E-state index in [2.05, 4.69) is 16.4 Å². The van der Waals surface area contributed by atoms with E-state index in [1.165, 1.54) is 0 Å². The van der Waals surface area contributed by atoms with E-state index in [0.29, 0.717) is 12.5 Å². The molecule has 116 valence electrons. The van der Waals surface area contributed by atoms with E-state index in [4.69, 9.17) is 14.2 Å². The van der Waals surface area contributed by atoms with Crippen molar-refractivity contribution in [2.75, 3.05) is 18.7 Å². The number of rotatable bonds is 4. The maximum atomic E-state index is 5.57. The van der Waals surface area contributed by atoms with Gasteiger partial charge in [-0.1, -0.05) is 0 Å². The van der Waals surface area contributed by atoms with Crippen molar-refractivity contribution in [3.05, 3.63) is 48.7 Å². The number of pyridine rings is 1. The molecule has 0 fully saturated rings. The molecule has 0 radical (unpaired) electrons.